The van der Waals surface area contributed by atoms with Gasteiger partial charge in [-0.05, 0) is 44.9 Å². The normalized spacial score (nSPS) is 33.7. The highest BCUT2D eigenvalue weighted by atomic mass is 16.6. The maximum atomic E-state index is 12.7. The van der Waals surface area contributed by atoms with Gasteiger partial charge in [0.15, 0.2) is 6.04 Å². The molecule has 1 heterocycles. The molecule has 0 aromatic carbocycles. The number of carboxylic acid groups (broad SMARTS) is 1. The number of carboxylic acids is 1. The third-order valence-corrected chi connectivity index (χ3v) is 4.46. The Bertz CT molecular complexity index is 496. The van der Waals surface area contributed by atoms with Crippen LogP contribution >= 0.6 is 0 Å². The van der Waals surface area contributed by atoms with Crippen LogP contribution in [0.4, 0.5) is 4.79 Å². The van der Waals surface area contributed by atoms with Crippen molar-refractivity contribution >= 4 is 12.1 Å². The smallest absolute Gasteiger partial charge is 0.413 e. The van der Waals surface area contributed by atoms with Crippen molar-refractivity contribution in [3.63, 3.8) is 0 Å². The van der Waals surface area contributed by atoms with Gasteiger partial charge in [-0.25, -0.2) is 9.59 Å². The van der Waals surface area contributed by atoms with Gasteiger partial charge >= 0.3 is 12.1 Å². The number of hydrogen-bond acceptors (Lipinski definition) is 4. The maximum absolute atomic E-state index is 12.7. The Morgan fingerprint density at radius 1 is 1.26 bits per heavy atom. The first-order valence-corrected chi connectivity index (χ1v) is 8.24. The zero-order chi connectivity index (χ0) is 17.6. The highest BCUT2D eigenvalue weighted by Crippen LogP contribution is 2.50. The van der Waals surface area contributed by atoms with Crippen LogP contribution in [0, 0.1) is 11.3 Å². The molecule has 1 aliphatic heterocycles. The molecule has 2 rings (SSSR count). The number of carbonyl (C=O) groups is 2. The summed E-state index contributed by atoms with van der Waals surface area (Å²) in [5, 5.41) is 9.51. The second kappa shape index (κ2) is 5.65. The molecule has 1 amide bonds. The fraction of sp³-hybridized carbons (Fsp3) is 0.882. The fourth-order valence-corrected chi connectivity index (χ4v) is 4.19. The van der Waals surface area contributed by atoms with Crippen molar-refractivity contribution < 1.29 is 24.2 Å². The minimum absolute atomic E-state index is 0.0113. The van der Waals surface area contributed by atoms with Crippen LogP contribution in [0.2, 0.25) is 0 Å². The lowest BCUT2D eigenvalue weighted by atomic mass is 9.68. The van der Waals surface area contributed by atoms with Crippen molar-refractivity contribution in [1.82, 2.24) is 4.90 Å². The molecule has 0 aromatic heterocycles. The summed E-state index contributed by atoms with van der Waals surface area (Å²) in [5.41, 5.74) is -1.59. The van der Waals surface area contributed by atoms with Crippen LogP contribution < -0.4 is 0 Å². The lowest BCUT2D eigenvalue weighted by Gasteiger charge is -2.49. The molecule has 1 spiro atoms. The van der Waals surface area contributed by atoms with Crippen molar-refractivity contribution in [2.45, 2.75) is 78.2 Å². The Kier molecular flexibility index (Phi) is 4.43. The first kappa shape index (κ1) is 18.0. The minimum Gasteiger partial charge on any atom is -0.480 e. The standard InChI is InChI=1S/C17H29NO5/c1-11-7-16(5,6)10-17(8-11)18(12(9-22-17)13(19)20)14(21)23-15(2,3)4/h11-12H,7-10H2,1-6H3,(H,19,20). The summed E-state index contributed by atoms with van der Waals surface area (Å²) in [6.45, 7) is 11.7. The van der Waals surface area contributed by atoms with Crippen LogP contribution in [0.1, 0.15) is 60.8 Å². The molecule has 0 radical (unpaired) electrons. The lowest BCUT2D eigenvalue weighted by molar-refractivity contribution is -0.154. The van der Waals surface area contributed by atoms with E-state index in [1.807, 2.05) is 0 Å². The van der Waals surface area contributed by atoms with Crippen LogP contribution in [-0.2, 0) is 14.3 Å². The molecule has 1 saturated heterocycles. The summed E-state index contributed by atoms with van der Waals surface area (Å²) < 4.78 is 11.4. The Morgan fingerprint density at radius 2 is 1.87 bits per heavy atom. The van der Waals surface area contributed by atoms with Gasteiger partial charge in [0.05, 0.1) is 6.61 Å². The van der Waals surface area contributed by atoms with E-state index in [0.717, 1.165) is 6.42 Å². The number of rotatable bonds is 1. The lowest BCUT2D eigenvalue weighted by Crippen LogP contribution is -2.58. The summed E-state index contributed by atoms with van der Waals surface area (Å²) in [4.78, 5) is 25.7. The molecular formula is C17H29NO5. The fourth-order valence-electron chi connectivity index (χ4n) is 4.19. The summed E-state index contributed by atoms with van der Waals surface area (Å²) in [6.07, 6.45) is 1.68. The van der Waals surface area contributed by atoms with Gasteiger partial charge in [0.25, 0.3) is 0 Å². The van der Waals surface area contributed by atoms with E-state index < -0.39 is 29.4 Å². The van der Waals surface area contributed by atoms with Gasteiger partial charge in [0.2, 0.25) is 0 Å². The van der Waals surface area contributed by atoms with Gasteiger partial charge in [0.1, 0.15) is 11.3 Å². The molecule has 1 aliphatic carbocycles. The van der Waals surface area contributed by atoms with E-state index in [-0.39, 0.29) is 12.0 Å². The summed E-state index contributed by atoms with van der Waals surface area (Å²) in [5.74, 6) is -0.708. The van der Waals surface area contributed by atoms with Gasteiger partial charge in [-0.2, -0.15) is 0 Å². The third-order valence-electron chi connectivity index (χ3n) is 4.46. The van der Waals surface area contributed by atoms with E-state index in [9.17, 15) is 14.7 Å². The van der Waals surface area contributed by atoms with Crippen LogP contribution in [-0.4, -0.2) is 46.0 Å². The summed E-state index contributed by atoms with van der Waals surface area (Å²) in [6, 6.07) is -0.994. The number of nitrogens with zero attached hydrogens (tertiary/aromatic N) is 1. The number of hydrogen-bond donors (Lipinski definition) is 1. The molecule has 1 saturated carbocycles. The van der Waals surface area contributed by atoms with Crippen LogP contribution in [0.25, 0.3) is 0 Å². The molecule has 1 N–H and O–H groups in total. The van der Waals surface area contributed by atoms with Gasteiger partial charge < -0.3 is 14.6 Å². The van der Waals surface area contributed by atoms with E-state index in [0.29, 0.717) is 18.8 Å². The topological polar surface area (TPSA) is 76.1 Å². The second-order valence-corrected chi connectivity index (χ2v) is 8.82. The summed E-state index contributed by atoms with van der Waals surface area (Å²) >= 11 is 0. The zero-order valence-corrected chi connectivity index (χ0v) is 15.0. The van der Waals surface area contributed by atoms with Gasteiger partial charge in [0, 0.05) is 6.42 Å². The predicted octanol–water partition coefficient (Wildman–Crippen LogP) is 3.25. The Labute approximate surface area is 138 Å². The number of ether oxygens (including phenoxy) is 2. The molecule has 6 nitrogen and oxygen atoms in total. The second-order valence-electron chi connectivity index (χ2n) is 8.82. The van der Waals surface area contributed by atoms with Gasteiger partial charge in [-0.15, -0.1) is 0 Å². The van der Waals surface area contributed by atoms with Crippen LogP contribution in [0.15, 0.2) is 0 Å². The highest BCUT2D eigenvalue weighted by Gasteiger charge is 2.58. The SMILES string of the molecule is CC1CC(C)(C)CC2(C1)OCC(C(=O)O)N2C(=O)OC(C)(C)C. The molecule has 2 aliphatic rings. The largest absolute Gasteiger partial charge is 0.480 e. The van der Waals surface area contributed by atoms with Crippen molar-refractivity contribution in [3.8, 4) is 0 Å². The van der Waals surface area contributed by atoms with E-state index >= 15 is 0 Å². The molecular weight excluding hydrogens is 298 g/mol. The highest BCUT2D eigenvalue weighted by molar-refractivity contribution is 5.81. The van der Waals surface area contributed by atoms with Crippen LogP contribution in [0.3, 0.4) is 0 Å². The molecule has 23 heavy (non-hydrogen) atoms. The van der Waals surface area contributed by atoms with E-state index in [1.165, 1.54) is 4.90 Å². The first-order valence-electron chi connectivity index (χ1n) is 8.24. The van der Waals surface area contributed by atoms with E-state index in [4.69, 9.17) is 9.47 Å². The van der Waals surface area contributed by atoms with Crippen molar-refractivity contribution in [2.75, 3.05) is 6.61 Å². The molecule has 0 bridgehead atoms. The predicted molar refractivity (Wildman–Crippen MR) is 85.0 cm³/mol. The van der Waals surface area contributed by atoms with Crippen molar-refractivity contribution in [3.05, 3.63) is 0 Å². The first-order chi connectivity index (χ1) is 10.4. The zero-order valence-electron chi connectivity index (χ0n) is 15.0. The van der Waals surface area contributed by atoms with Crippen molar-refractivity contribution in [2.24, 2.45) is 11.3 Å². The average Bonchev–Trinajstić information content (AvgIpc) is 2.61. The van der Waals surface area contributed by atoms with E-state index in [1.54, 1.807) is 20.8 Å². The number of aliphatic carboxylic acids is 1. The van der Waals surface area contributed by atoms with Crippen LogP contribution in [0.5, 0.6) is 0 Å². The Hall–Kier alpha value is -1.30. The molecule has 0 aromatic rings. The van der Waals surface area contributed by atoms with Gasteiger partial charge in [-0.1, -0.05) is 20.8 Å². The molecule has 2 fully saturated rings. The average molecular weight is 327 g/mol. The minimum atomic E-state index is -1.05. The van der Waals surface area contributed by atoms with E-state index in [2.05, 4.69) is 20.8 Å². The number of carbonyl (C=O) groups excluding carboxylic acids is 1. The Balaban J connectivity index is 2.37. The Morgan fingerprint density at radius 3 is 2.35 bits per heavy atom. The maximum Gasteiger partial charge on any atom is 0.413 e. The number of amides is 1. The molecule has 3 unspecified atom stereocenters. The van der Waals surface area contributed by atoms with Crippen molar-refractivity contribution in [1.29, 1.82) is 0 Å². The molecule has 132 valence electrons. The monoisotopic (exact) mass is 327 g/mol. The molecule has 3 atom stereocenters. The quantitative estimate of drug-likeness (QED) is 0.800. The molecule has 6 heteroatoms. The third kappa shape index (κ3) is 3.79. The van der Waals surface area contributed by atoms with Gasteiger partial charge in [-0.3, -0.25) is 4.90 Å². The summed E-state index contributed by atoms with van der Waals surface area (Å²) in [7, 11) is 0.